The van der Waals surface area contributed by atoms with Crippen molar-refractivity contribution < 1.29 is 19.1 Å². The monoisotopic (exact) mass is 385 g/mol. The molecule has 1 heterocycles. The molecule has 128 valence electrons. The number of methoxy groups -OCH3 is 1. The van der Waals surface area contributed by atoms with Crippen molar-refractivity contribution in [2.24, 2.45) is 0 Å². The van der Waals surface area contributed by atoms with Crippen molar-refractivity contribution in [2.75, 3.05) is 24.8 Å². The summed E-state index contributed by atoms with van der Waals surface area (Å²) in [6.07, 6.45) is 0. The Morgan fingerprint density at radius 3 is 2.83 bits per heavy atom. The minimum Gasteiger partial charge on any atom is -0.495 e. The summed E-state index contributed by atoms with van der Waals surface area (Å²) in [4.78, 5) is 24.6. The molecular formula is C16H16ClNO4S2. The number of rotatable bonds is 8. The largest absolute Gasteiger partial charge is 0.495 e. The number of ether oxygens (including phenoxy) is 2. The Hall–Kier alpha value is -1.70. The zero-order chi connectivity index (χ0) is 17.4. The second kappa shape index (κ2) is 9.56. The zero-order valence-electron chi connectivity index (χ0n) is 12.9. The van der Waals surface area contributed by atoms with Gasteiger partial charge in [-0.15, -0.1) is 23.1 Å². The summed E-state index contributed by atoms with van der Waals surface area (Å²) in [6.45, 7) is -0.331. The first-order chi connectivity index (χ1) is 11.6. The van der Waals surface area contributed by atoms with E-state index < -0.39 is 11.9 Å². The average molecular weight is 386 g/mol. The highest BCUT2D eigenvalue weighted by Gasteiger charge is 2.09. The van der Waals surface area contributed by atoms with Gasteiger partial charge in [0.1, 0.15) is 5.75 Å². The fourth-order valence-electron chi connectivity index (χ4n) is 1.76. The molecule has 0 radical (unpaired) electrons. The number of hydrogen-bond donors (Lipinski definition) is 1. The first-order valence-corrected chi connectivity index (χ1v) is 9.39. The van der Waals surface area contributed by atoms with E-state index in [4.69, 9.17) is 21.1 Å². The van der Waals surface area contributed by atoms with E-state index in [1.165, 1.54) is 23.7 Å². The van der Waals surface area contributed by atoms with Gasteiger partial charge >= 0.3 is 5.97 Å². The molecule has 0 atom stereocenters. The molecule has 0 bridgehead atoms. The van der Waals surface area contributed by atoms with Crippen LogP contribution in [0.4, 0.5) is 5.69 Å². The molecule has 2 aromatic rings. The van der Waals surface area contributed by atoms with Gasteiger partial charge in [0.25, 0.3) is 5.91 Å². The number of thioether (sulfide) groups is 1. The van der Waals surface area contributed by atoms with Gasteiger partial charge in [0.05, 0.1) is 17.9 Å². The van der Waals surface area contributed by atoms with E-state index in [-0.39, 0.29) is 12.4 Å². The van der Waals surface area contributed by atoms with Crippen LogP contribution >= 0.6 is 34.7 Å². The highest BCUT2D eigenvalue weighted by Crippen LogP contribution is 2.27. The van der Waals surface area contributed by atoms with Gasteiger partial charge in [0.2, 0.25) is 0 Å². The molecule has 0 aliphatic carbocycles. The van der Waals surface area contributed by atoms with Gasteiger partial charge < -0.3 is 14.8 Å². The number of carbonyl (C=O) groups excluding carboxylic acids is 2. The third-order valence-corrected chi connectivity index (χ3v) is 5.15. The highest BCUT2D eigenvalue weighted by molar-refractivity contribution is 7.99. The van der Waals surface area contributed by atoms with Crippen molar-refractivity contribution in [1.29, 1.82) is 0 Å². The lowest BCUT2D eigenvalue weighted by Crippen LogP contribution is -2.21. The second-order valence-electron chi connectivity index (χ2n) is 4.63. The maximum atomic E-state index is 11.8. The predicted molar refractivity (Wildman–Crippen MR) is 98.1 cm³/mol. The van der Waals surface area contributed by atoms with Crippen molar-refractivity contribution in [2.45, 2.75) is 5.75 Å². The Bertz CT molecular complexity index is 691. The van der Waals surface area contributed by atoms with Crippen LogP contribution in [0, 0.1) is 0 Å². The van der Waals surface area contributed by atoms with Gasteiger partial charge in [0, 0.05) is 16.3 Å². The third kappa shape index (κ3) is 6.07. The van der Waals surface area contributed by atoms with Crippen LogP contribution in [0.1, 0.15) is 4.88 Å². The van der Waals surface area contributed by atoms with E-state index in [1.807, 2.05) is 17.5 Å². The molecule has 2 rings (SSSR count). The number of carbonyl (C=O) groups is 2. The quantitative estimate of drug-likeness (QED) is 0.699. The molecular weight excluding hydrogens is 370 g/mol. The first-order valence-electron chi connectivity index (χ1n) is 6.97. The number of anilines is 1. The zero-order valence-corrected chi connectivity index (χ0v) is 15.3. The lowest BCUT2D eigenvalue weighted by Gasteiger charge is -2.08. The number of nitrogens with one attached hydrogen (secondary N) is 1. The number of halogens is 1. The Balaban J connectivity index is 1.68. The lowest BCUT2D eigenvalue weighted by molar-refractivity contribution is -0.144. The summed E-state index contributed by atoms with van der Waals surface area (Å²) in [5, 5.41) is 4.98. The van der Waals surface area contributed by atoms with Gasteiger partial charge in [-0.2, -0.15) is 0 Å². The minimum absolute atomic E-state index is 0.208. The van der Waals surface area contributed by atoms with Crippen LogP contribution in [-0.4, -0.2) is 31.3 Å². The van der Waals surface area contributed by atoms with E-state index in [0.717, 1.165) is 5.75 Å². The Morgan fingerprint density at radius 1 is 1.33 bits per heavy atom. The number of amides is 1. The van der Waals surface area contributed by atoms with Crippen molar-refractivity contribution in [3.63, 3.8) is 0 Å². The summed E-state index contributed by atoms with van der Waals surface area (Å²) in [7, 11) is 1.51. The number of thiophene rings is 1. The van der Waals surface area contributed by atoms with Crippen molar-refractivity contribution in [3.8, 4) is 5.75 Å². The third-order valence-electron chi connectivity index (χ3n) is 2.84. The molecule has 0 unspecified atom stereocenters. The Kier molecular flexibility index (Phi) is 7.42. The summed E-state index contributed by atoms with van der Waals surface area (Å²) in [5.41, 5.74) is 0.508. The molecule has 0 saturated heterocycles. The fraction of sp³-hybridized carbons (Fsp3) is 0.250. The molecule has 0 saturated carbocycles. The normalized spacial score (nSPS) is 10.2. The van der Waals surface area contributed by atoms with Crippen molar-refractivity contribution >= 4 is 52.3 Å². The summed E-state index contributed by atoms with van der Waals surface area (Å²) < 4.78 is 9.98. The predicted octanol–water partition coefficient (Wildman–Crippen LogP) is 3.83. The first kappa shape index (κ1) is 18.6. The van der Waals surface area contributed by atoms with Crippen LogP contribution in [0.2, 0.25) is 5.02 Å². The highest BCUT2D eigenvalue weighted by atomic mass is 35.5. The molecule has 0 aliphatic rings. The van der Waals surface area contributed by atoms with Crippen molar-refractivity contribution in [3.05, 3.63) is 45.6 Å². The molecule has 1 N–H and O–H groups in total. The van der Waals surface area contributed by atoms with Crippen molar-refractivity contribution in [1.82, 2.24) is 0 Å². The summed E-state index contributed by atoms with van der Waals surface area (Å²) >= 11 is 9.07. The molecule has 0 aliphatic heterocycles. The Labute approximate surface area is 153 Å². The maximum absolute atomic E-state index is 11.8. The molecule has 0 fully saturated rings. The Morgan fingerprint density at radius 2 is 2.17 bits per heavy atom. The van der Waals surface area contributed by atoms with Crippen LogP contribution in [-0.2, 0) is 20.1 Å². The average Bonchev–Trinajstić information content (AvgIpc) is 3.06. The fourth-order valence-corrected chi connectivity index (χ4v) is 3.68. The van der Waals surface area contributed by atoms with Gasteiger partial charge in [-0.1, -0.05) is 17.7 Å². The van der Waals surface area contributed by atoms with Gasteiger partial charge in [0.15, 0.2) is 6.61 Å². The van der Waals surface area contributed by atoms with E-state index in [9.17, 15) is 9.59 Å². The van der Waals surface area contributed by atoms with Gasteiger partial charge in [-0.05, 0) is 29.6 Å². The smallest absolute Gasteiger partial charge is 0.316 e. The SMILES string of the molecule is COc1ccc(NC(=O)COC(=O)CSCc2cccs2)cc1Cl. The summed E-state index contributed by atoms with van der Waals surface area (Å²) in [5.74, 6) is 0.638. The molecule has 24 heavy (non-hydrogen) atoms. The lowest BCUT2D eigenvalue weighted by atomic mass is 10.3. The van der Waals surface area contributed by atoms with Crippen LogP contribution in [0.15, 0.2) is 35.7 Å². The molecule has 5 nitrogen and oxygen atoms in total. The van der Waals surface area contributed by atoms with E-state index in [1.54, 1.807) is 29.5 Å². The van der Waals surface area contributed by atoms with Crippen LogP contribution in [0.5, 0.6) is 5.75 Å². The van der Waals surface area contributed by atoms with E-state index >= 15 is 0 Å². The van der Waals surface area contributed by atoms with E-state index in [0.29, 0.717) is 16.5 Å². The standard InChI is InChI=1S/C16H16ClNO4S2/c1-21-14-5-4-11(7-13(14)17)18-15(19)8-22-16(20)10-23-9-12-3-2-6-24-12/h2-7H,8-10H2,1H3,(H,18,19). The number of benzene rings is 1. The van der Waals surface area contributed by atoms with Gasteiger partial charge in [-0.25, -0.2) is 0 Å². The second-order valence-corrected chi connectivity index (χ2v) is 7.06. The topological polar surface area (TPSA) is 64.6 Å². The molecule has 1 amide bonds. The molecule has 1 aromatic heterocycles. The van der Waals surface area contributed by atoms with Crippen LogP contribution in [0.3, 0.4) is 0 Å². The van der Waals surface area contributed by atoms with Crippen LogP contribution in [0.25, 0.3) is 0 Å². The van der Waals surface area contributed by atoms with E-state index in [2.05, 4.69) is 5.32 Å². The summed E-state index contributed by atoms with van der Waals surface area (Å²) in [6, 6.07) is 8.84. The minimum atomic E-state index is -0.423. The number of hydrogen-bond acceptors (Lipinski definition) is 6. The van der Waals surface area contributed by atoms with Gasteiger partial charge in [-0.3, -0.25) is 9.59 Å². The molecule has 1 aromatic carbocycles. The molecule has 0 spiro atoms. The molecule has 8 heteroatoms. The number of esters is 1. The maximum Gasteiger partial charge on any atom is 0.316 e. The van der Waals surface area contributed by atoms with Crippen LogP contribution < -0.4 is 10.1 Å².